The molecule has 1 atom stereocenters. The van der Waals surface area contributed by atoms with E-state index in [0.717, 1.165) is 10.4 Å². The fourth-order valence-electron chi connectivity index (χ4n) is 2.55. The molecule has 0 amide bonds. The number of hydrogen-bond donors (Lipinski definition) is 1. The second-order valence-corrected chi connectivity index (χ2v) is 7.13. The number of carboxylic acid groups (broad SMARTS) is 1. The third-order valence-corrected chi connectivity index (χ3v) is 5.52. The van der Waals surface area contributed by atoms with Crippen molar-refractivity contribution in [1.82, 2.24) is 9.38 Å². The van der Waals surface area contributed by atoms with Crippen LogP contribution in [0.4, 0.5) is 0 Å². The normalized spacial score (nSPS) is 12.4. The first kappa shape index (κ1) is 16.5. The van der Waals surface area contributed by atoms with Gasteiger partial charge < -0.3 is 5.11 Å². The zero-order valence-electron chi connectivity index (χ0n) is 13.0. The van der Waals surface area contributed by atoms with Gasteiger partial charge in [0.15, 0.2) is 10.7 Å². The Balaban J connectivity index is 2.16. The van der Waals surface area contributed by atoms with Crippen molar-refractivity contribution in [3.05, 3.63) is 34.3 Å². The zero-order valence-corrected chi connectivity index (χ0v) is 14.6. The molecule has 0 aliphatic heterocycles. The number of carbonyl (C=O) groups excluding carboxylic acids is 2. The van der Waals surface area contributed by atoms with E-state index in [0.29, 0.717) is 10.7 Å². The Morgan fingerprint density at radius 1 is 1.33 bits per heavy atom. The highest BCUT2D eigenvalue weighted by atomic mass is 32.1. The average Bonchev–Trinajstić information content (AvgIpc) is 3.21. The van der Waals surface area contributed by atoms with Crippen molar-refractivity contribution in [2.45, 2.75) is 20.3 Å². The zero-order chi connectivity index (χ0) is 17.4. The molecule has 0 aliphatic rings. The van der Waals surface area contributed by atoms with Crippen LogP contribution in [-0.4, -0.2) is 32.0 Å². The number of aliphatic carboxylic acids is 1. The molecule has 3 aromatic rings. The summed E-state index contributed by atoms with van der Waals surface area (Å²) in [6, 6.07) is 1.92. The standard InChI is InChI=1S/C16H14N2O4S2/c1-3-9(14(20)15(21)22)13(19)12-11(10-6-8(2)7-24-10)17-16-18(12)4-5-23-16/h4-7,9H,3H2,1-2H3,(H,21,22). The molecule has 0 radical (unpaired) electrons. The molecule has 3 heterocycles. The van der Waals surface area contributed by atoms with Gasteiger partial charge in [-0.15, -0.1) is 22.7 Å². The van der Waals surface area contributed by atoms with E-state index in [4.69, 9.17) is 5.11 Å². The Labute approximate surface area is 145 Å². The van der Waals surface area contributed by atoms with E-state index >= 15 is 0 Å². The molecule has 0 aromatic carbocycles. The smallest absolute Gasteiger partial charge is 0.372 e. The summed E-state index contributed by atoms with van der Waals surface area (Å²) < 4.78 is 1.63. The van der Waals surface area contributed by atoms with Gasteiger partial charge in [0.1, 0.15) is 11.4 Å². The molecule has 0 bridgehead atoms. The number of imidazole rings is 1. The number of thiazole rings is 1. The quantitative estimate of drug-likeness (QED) is 0.413. The van der Waals surface area contributed by atoms with Crippen LogP contribution in [0.1, 0.15) is 29.4 Å². The maximum absolute atomic E-state index is 13.0. The number of aromatic nitrogens is 2. The second kappa shape index (κ2) is 6.29. The van der Waals surface area contributed by atoms with E-state index in [2.05, 4.69) is 4.98 Å². The number of aryl methyl sites for hydroxylation is 1. The van der Waals surface area contributed by atoms with Crippen LogP contribution in [-0.2, 0) is 9.59 Å². The van der Waals surface area contributed by atoms with E-state index in [9.17, 15) is 14.4 Å². The van der Waals surface area contributed by atoms with Crippen molar-refractivity contribution in [3.8, 4) is 10.6 Å². The Kier molecular flexibility index (Phi) is 4.33. The van der Waals surface area contributed by atoms with Gasteiger partial charge in [0, 0.05) is 11.6 Å². The van der Waals surface area contributed by atoms with Crippen LogP contribution in [0, 0.1) is 12.8 Å². The first-order valence-electron chi connectivity index (χ1n) is 7.26. The molecule has 0 spiro atoms. The highest BCUT2D eigenvalue weighted by molar-refractivity contribution is 7.15. The van der Waals surface area contributed by atoms with Gasteiger partial charge in [-0.2, -0.15) is 0 Å². The topological polar surface area (TPSA) is 88.7 Å². The minimum atomic E-state index is -1.59. The van der Waals surface area contributed by atoms with E-state index in [1.54, 1.807) is 22.9 Å². The highest BCUT2D eigenvalue weighted by Crippen LogP contribution is 2.33. The van der Waals surface area contributed by atoms with Gasteiger partial charge in [-0.25, -0.2) is 9.78 Å². The van der Waals surface area contributed by atoms with Crippen LogP contribution in [0.15, 0.2) is 23.0 Å². The third-order valence-electron chi connectivity index (χ3n) is 3.71. The Bertz CT molecular complexity index is 950. The fourth-order valence-corrected chi connectivity index (χ4v) is 4.16. The molecule has 1 N–H and O–H groups in total. The Hall–Kier alpha value is -2.32. The highest BCUT2D eigenvalue weighted by Gasteiger charge is 2.34. The van der Waals surface area contributed by atoms with Gasteiger partial charge in [-0.05, 0) is 30.4 Å². The van der Waals surface area contributed by atoms with Crippen LogP contribution in [0.25, 0.3) is 15.5 Å². The summed E-state index contributed by atoms with van der Waals surface area (Å²) in [6.45, 7) is 3.58. The lowest BCUT2D eigenvalue weighted by atomic mass is 9.93. The minimum Gasteiger partial charge on any atom is -0.475 e. The molecule has 24 heavy (non-hydrogen) atoms. The van der Waals surface area contributed by atoms with Crippen LogP contribution < -0.4 is 0 Å². The fraction of sp³-hybridized carbons (Fsp3) is 0.250. The summed E-state index contributed by atoms with van der Waals surface area (Å²) in [4.78, 5) is 41.8. The van der Waals surface area contributed by atoms with Crippen molar-refractivity contribution in [3.63, 3.8) is 0 Å². The molecule has 124 valence electrons. The van der Waals surface area contributed by atoms with E-state index in [1.165, 1.54) is 22.7 Å². The first-order chi connectivity index (χ1) is 11.4. The Morgan fingerprint density at radius 2 is 2.08 bits per heavy atom. The lowest BCUT2D eigenvalue weighted by molar-refractivity contribution is -0.150. The average molecular weight is 362 g/mol. The molecule has 3 rings (SSSR count). The maximum atomic E-state index is 13.0. The van der Waals surface area contributed by atoms with Crippen molar-refractivity contribution in [2.75, 3.05) is 0 Å². The van der Waals surface area contributed by atoms with Crippen LogP contribution in [0.5, 0.6) is 0 Å². The maximum Gasteiger partial charge on any atom is 0.372 e. The summed E-state index contributed by atoms with van der Waals surface area (Å²) in [5.74, 6) is -4.38. The van der Waals surface area contributed by atoms with Gasteiger partial charge in [0.25, 0.3) is 5.78 Å². The van der Waals surface area contributed by atoms with Crippen molar-refractivity contribution < 1.29 is 19.5 Å². The van der Waals surface area contributed by atoms with Crippen molar-refractivity contribution in [2.24, 2.45) is 5.92 Å². The van der Waals surface area contributed by atoms with Crippen LogP contribution >= 0.6 is 22.7 Å². The SMILES string of the molecule is CCC(C(=O)C(=O)O)C(=O)c1c(-c2cc(C)cs2)nc2sccn12. The molecule has 0 fully saturated rings. The lowest BCUT2D eigenvalue weighted by Crippen LogP contribution is -2.30. The van der Waals surface area contributed by atoms with Gasteiger partial charge in [-0.3, -0.25) is 14.0 Å². The van der Waals surface area contributed by atoms with Crippen molar-refractivity contribution >= 4 is 45.2 Å². The number of carbonyl (C=O) groups is 3. The summed E-state index contributed by atoms with van der Waals surface area (Å²) in [5.41, 5.74) is 1.83. The van der Waals surface area contributed by atoms with Crippen molar-refractivity contribution in [1.29, 1.82) is 0 Å². The number of Topliss-reactive ketones (excluding diaryl/α,β-unsaturated/α-hetero) is 2. The summed E-state index contributed by atoms with van der Waals surface area (Å²) in [7, 11) is 0. The molecule has 8 heteroatoms. The van der Waals surface area contributed by atoms with Gasteiger partial charge in [0.05, 0.1) is 10.8 Å². The van der Waals surface area contributed by atoms with Gasteiger partial charge in [-0.1, -0.05) is 6.92 Å². The molecule has 1 unspecified atom stereocenters. The number of fused-ring (bicyclic) bond motifs is 1. The summed E-state index contributed by atoms with van der Waals surface area (Å²) >= 11 is 2.84. The largest absolute Gasteiger partial charge is 0.475 e. The van der Waals surface area contributed by atoms with Gasteiger partial charge >= 0.3 is 5.97 Å². The number of carboxylic acids is 1. The summed E-state index contributed by atoms with van der Waals surface area (Å²) in [5, 5.41) is 12.7. The van der Waals surface area contributed by atoms with Crippen LogP contribution in [0.2, 0.25) is 0 Å². The molecule has 0 saturated carbocycles. The van der Waals surface area contributed by atoms with E-state index < -0.39 is 23.5 Å². The number of nitrogens with zero attached hydrogens (tertiary/aromatic N) is 2. The first-order valence-corrected chi connectivity index (χ1v) is 9.02. The number of rotatable bonds is 6. The molecule has 0 aliphatic carbocycles. The lowest BCUT2D eigenvalue weighted by Gasteiger charge is -2.10. The van der Waals surface area contributed by atoms with Crippen LogP contribution in [0.3, 0.4) is 0 Å². The third kappa shape index (κ3) is 2.67. The second-order valence-electron chi connectivity index (χ2n) is 5.35. The molecule has 3 aromatic heterocycles. The minimum absolute atomic E-state index is 0.129. The molecule has 0 saturated heterocycles. The number of ketones is 2. The van der Waals surface area contributed by atoms with E-state index in [1.807, 2.05) is 18.4 Å². The van der Waals surface area contributed by atoms with E-state index in [-0.39, 0.29) is 12.1 Å². The molecular weight excluding hydrogens is 348 g/mol. The predicted octanol–water partition coefficient (Wildman–Crippen LogP) is 3.30. The monoisotopic (exact) mass is 362 g/mol. The number of hydrogen-bond acceptors (Lipinski definition) is 6. The molecular formula is C16H14N2O4S2. The Morgan fingerprint density at radius 3 is 2.67 bits per heavy atom. The summed E-state index contributed by atoms with van der Waals surface area (Å²) in [6.07, 6.45) is 1.84. The molecule has 6 nitrogen and oxygen atoms in total. The number of thiophene rings is 1. The predicted molar refractivity (Wildman–Crippen MR) is 91.9 cm³/mol. The van der Waals surface area contributed by atoms with Gasteiger partial charge in [0.2, 0.25) is 0 Å².